The summed E-state index contributed by atoms with van der Waals surface area (Å²) in [7, 11) is 0. The number of hydrogen-bond donors (Lipinski definition) is 1. The largest absolute Gasteiger partial charge is 0.482 e. The molecule has 8 heteroatoms. The number of anilines is 1. The van der Waals surface area contributed by atoms with Gasteiger partial charge in [0.2, 0.25) is 0 Å². The van der Waals surface area contributed by atoms with Gasteiger partial charge in [0.05, 0.1) is 5.02 Å². The number of carbonyl (C=O) groups is 3. The Morgan fingerprint density at radius 1 is 1.23 bits per heavy atom. The Morgan fingerprint density at radius 3 is 2.65 bits per heavy atom. The second kappa shape index (κ2) is 8.96. The fourth-order valence-electron chi connectivity index (χ4n) is 1.91. The Bertz CT molecular complexity index is 807. The second-order valence-electron chi connectivity index (χ2n) is 5.36. The summed E-state index contributed by atoms with van der Waals surface area (Å²) in [5, 5.41) is 2.94. The van der Waals surface area contributed by atoms with Gasteiger partial charge in [-0.3, -0.25) is 9.59 Å². The van der Waals surface area contributed by atoms with Crippen LogP contribution in [-0.2, 0) is 14.3 Å². The van der Waals surface area contributed by atoms with Crippen molar-refractivity contribution in [2.75, 3.05) is 11.9 Å². The molecule has 7 nitrogen and oxygen atoms in total. The molecule has 0 aliphatic heterocycles. The van der Waals surface area contributed by atoms with Crippen LogP contribution in [0.2, 0.25) is 5.02 Å². The number of hydrogen-bond acceptors (Lipinski definition) is 6. The van der Waals surface area contributed by atoms with Crippen LogP contribution in [0.25, 0.3) is 0 Å². The summed E-state index contributed by atoms with van der Waals surface area (Å²) < 4.78 is 10.3. The standard InChI is InChI=1S/C18H17ClN2O5/c1-11(22)13-4-3-5-15(8-13)25-10-17(23)26-12(2)18(24)21-16-7-6-14(19)9-20-16/h3-9,12H,10H2,1-2H3,(H,20,21,24)/t12-/m0/s1. The van der Waals surface area contributed by atoms with E-state index in [4.69, 9.17) is 21.1 Å². The molecule has 1 atom stereocenters. The normalized spacial score (nSPS) is 11.3. The summed E-state index contributed by atoms with van der Waals surface area (Å²) >= 11 is 5.71. The van der Waals surface area contributed by atoms with Crippen molar-refractivity contribution in [2.24, 2.45) is 0 Å². The molecule has 0 radical (unpaired) electrons. The van der Waals surface area contributed by atoms with Gasteiger partial charge in [0.1, 0.15) is 11.6 Å². The molecule has 26 heavy (non-hydrogen) atoms. The number of amides is 1. The Kier molecular flexibility index (Phi) is 6.68. The van der Waals surface area contributed by atoms with Gasteiger partial charge in [-0.2, -0.15) is 0 Å². The highest BCUT2D eigenvalue weighted by Crippen LogP contribution is 2.14. The van der Waals surface area contributed by atoms with Crippen LogP contribution in [0.1, 0.15) is 24.2 Å². The average Bonchev–Trinajstić information content (AvgIpc) is 2.62. The molecule has 0 saturated carbocycles. The van der Waals surface area contributed by atoms with E-state index in [1.54, 1.807) is 24.3 Å². The summed E-state index contributed by atoms with van der Waals surface area (Å²) in [5.41, 5.74) is 0.471. The van der Waals surface area contributed by atoms with Crippen molar-refractivity contribution in [3.05, 3.63) is 53.2 Å². The van der Waals surface area contributed by atoms with Crippen molar-refractivity contribution < 1.29 is 23.9 Å². The number of esters is 1. The van der Waals surface area contributed by atoms with Gasteiger partial charge in [0, 0.05) is 11.8 Å². The van der Waals surface area contributed by atoms with Crippen LogP contribution < -0.4 is 10.1 Å². The minimum absolute atomic E-state index is 0.112. The smallest absolute Gasteiger partial charge is 0.344 e. The fraction of sp³-hybridized carbons (Fsp3) is 0.222. The summed E-state index contributed by atoms with van der Waals surface area (Å²) in [4.78, 5) is 39.0. The molecule has 1 aromatic heterocycles. The van der Waals surface area contributed by atoms with Crippen molar-refractivity contribution in [1.29, 1.82) is 0 Å². The number of carbonyl (C=O) groups excluding carboxylic acids is 3. The number of nitrogens with one attached hydrogen (secondary N) is 1. The first kappa shape index (κ1) is 19.4. The van der Waals surface area contributed by atoms with Gasteiger partial charge in [0.15, 0.2) is 18.5 Å². The maximum Gasteiger partial charge on any atom is 0.344 e. The predicted molar refractivity (Wildman–Crippen MR) is 95.4 cm³/mol. The molecule has 0 bridgehead atoms. The Hall–Kier alpha value is -2.93. The Morgan fingerprint density at radius 2 is 2.00 bits per heavy atom. The lowest BCUT2D eigenvalue weighted by atomic mass is 10.1. The minimum Gasteiger partial charge on any atom is -0.482 e. The third-order valence-electron chi connectivity index (χ3n) is 3.25. The van der Waals surface area contributed by atoms with Crippen LogP contribution in [0, 0.1) is 0 Å². The maximum atomic E-state index is 12.0. The molecule has 0 fully saturated rings. The van der Waals surface area contributed by atoms with E-state index >= 15 is 0 Å². The van der Waals surface area contributed by atoms with Gasteiger partial charge < -0.3 is 14.8 Å². The van der Waals surface area contributed by atoms with Crippen molar-refractivity contribution >= 4 is 35.1 Å². The van der Waals surface area contributed by atoms with E-state index < -0.39 is 24.6 Å². The summed E-state index contributed by atoms with van der Waals surface area (Å²) in [6.45, 7) is 2.47. The number of ketones is 1. The SMILES string of the molecule is CC(=O)c1cccc(OCC(=O)O[C@@H](C)C(=O)Nc2ccc(Cl)cn2)c1. The third kappa shape index (κ3) is 5.86. The van der Waals surface area contributed by atoms with Gasteiger partial charge in [-0.15, -0.1) is 0 Å². The second-order valence-corrected chi connectivity index (χ2v) is 5.79. The van der Waals surface area contributed by atoms with Crippen molar-refractivity contribution in [3.63, 3.8) is 0 Å². The van der Waals surface area contributed by atoms with Crippen LogP contribution >= 0.6 is 11.6 Å². The van der Waals surface area contributed by atoms with Gasteiger partial charge >= 0.3 is 5.97 Å². The summed E-state index contributed by atoms with van der Waals surface area (Å²) in [6, 6.07) is 9.53. The van der Waals surface area contributed by atoms with Crippen LogP contribution in [0.5, 0.6) is 5.75 Å². The van der Waals surface area contributed by atoms with Gasteiger partial charge in [0.25, 0.3) is 5.91 Å². The lowest BCUT2D eigenvalue weighted by molar-refractivity contribution is -0.155. The predicted octanol–water partition coefficient (Wildman–Crippen LogP) is 2.89. The lowest BCUT2D eigenvalue weighted by Gasteiger charge is -2.13. The highest BCUT2D eigenvalue weighted by Gasteiger charge is 2.18. The molecule has 1 aromatic carbocycles. The molecule has 136 valence electrons. The average molecular weight is 377 g/mol. The van der Waals surface area contributed by atoms with Crippen LogP contribution in [-0.4, -0.2) is 35.4 Å². The van der Waals surface area contributed by atoms with E-state index in [9.17, 15) is 14.4 Å². The van der Waals surface area contributed by atoms with E-state index in [2.05, 4.69) is 10.3 Å². The van der Waals surface area contributed by atoms with Gasteiger partial charge in [-0.25, -0.2) is 9.78 Å². The fourth-order valence-corrected chi connectivity index (χ4v) is 2.02. The van der Waals surface area contributed by atoms with E-state index in [0.717, 1.165) is 0 Å². The highest BCUT2D eigenvalue weighted by molar-refractivity contribution is 6.30. The lowest BCUT2D eigenvalue weighted by Crippen LogP contribution is -2.31. The zero-order valence-corrected chi connectivity index (χ0v) is 14.9. The molecule has 2 aromatic rings. The summed E-state index contributed by atoms with van der Waals surface area (Å²) in [6.07, 6.45) is 0.351. The molecule has 1 N–H and O–H groups in total. The van der Waals surface area contributed by atoms with Gasteiger partial charge in [-0.1, -0.05) is 23.7 Å². The molecule has 0 spiro atoms. The number of pyridine rings is 1. The highest BCUT2D eigenvalue weighted by atomic mass is 35.5. The minimum atomic E-state index is -1.04. The quantitative estimate of drug-likeness (QED) is 0.589. The monoisotopic (exact) mass is 376 g/mol. The number of rotatable bonds is 7. The topological polar surface area (TPSA) is 94.6 Å². The number of benzene rings is 1. The van der Waals surface area contributed by atoms with Gasteiger partial charge in [-0.05, 0) is 38.1 Å². The zero-order valence-electron chi connectivity index (χ0n) is 14.2. The number of nitrogens with zero attached hydrogens (tertiary/aromatic N) is 1. The molecule has 0 aliphatic rings. The first-order valence-electron chi connectivity index (χ1n) is 7.71. The summed E-state index contributed by atoms with van der Waals surface area (Å²) in [5.74, 6) is -0.715. The van der Waals surface area contributed by atoms with Crippen molar-refractivity contribution in [3.8, 4) is 5.75 Å². The molecule has 0 aliphatic carbocycles. The number of ether oxygens (including phenoxy) is 2. The molecule has 2 rings (SSSR count). The van der Waals surface area contributed by atoms with Crippen LogP contribution in [0.15, 0.2) is 42.6 Å². The number of Topliss-reactive ketones (excluding diaryl/α,β-unsaturated/α-hetero) is 1. The van der Waals surface area contributed by atoms with E-state index in [-0.39, 0.29) is 5.78 Å². The third-order valence-corrected chi connectivity index (χ3v) is 3.48. The van der Waals surface area contributed by atoms with Crippen LogP contribution in [0.4, 0.5) is 5.82 Å². The maximum absolute atomic E-state index is 12.0. The zero-order chi connectivity index (χ0) is 19.1. The van der Waals surface area contributed by atoms with Crippen molar-refractivity contribution in [2.45, 2.75) is 20.0 Å². The molecular weight excluding hydrogens is 360 g/mol. The van der Waals surface area contributed by atoms with Crippen LogP contribution in [0.3, 0.4) is 0 Å². The number of halogens is 1. The van der Waals surface area contributed by atoms with E-state index in [1.165, 1.54) is 32.2 Å². The van der Waals surface area contributed by atoms with E-state index in [1.807, 2.05) is 0 Å². The Labute approximate surface area is 155 Å². The molecule has 1 heterocycles. The molecule has 0 saturated heterocycles. The molecular formula is C18H17ClN2O5. The van der Waals surface area contributed by atoms with Crippen molar-refractivity contribution in [1.82, 2.24) is 4.98 Å². The number of aromatic nitrogens is 1. The molecule has 0 unspecified atom stereocenters. The van der Waals surface area contributed by atoms with E-state index in [0.29, 0.717) is 22.2 Å². The first-order chi connectivity index (χ1) is 12.3. The molecule has 1 amide bonds. The Balaban J connectivity index is 1.82. The first-order valence-corrected chi connectivity index (χ1v) is 8.08.